The first kappa shape index (κ1) is 11.1. The minimum Gasteiger partial charge on any atom is -0.439 e. The fourth-order valence-corrected chi connectivity index (χ4v) is 1.67. The van der Waals surface area contributed by atoms with Crippen LogP contribution in [0.5, 0.6) is 11.6 Å². The minimum absolute atomic E-state index is 0.479. The van der Waals surface area contributed by atoms with E-state index >= 15 is 0 Å². The Morgan fingerprint density at radius 3 is 2.65 bits per heavy atom. The maximum Gasteiger partial charge on any atom is 0.224 e. The molecule has 0 spiro atoms. The van der Waals surface area contributed by atoms with Crippen molar-refractivity contribution >= 4 is 5.69 Å². The van der Waals surface area contributed by atoms with Gasteiger partial charge in [-0.25, -0.2) is 0 Å². The van der Waals surface area contributed by atoms with Gasteiger partial charge in [-0.05, 0) is 19.1 Å². The second-order valence-electron chi connectivity index (χ2n) is 3.56. The zero-order valence-electron chi connectivity index (χ0n) is 9.55. The lowest BCUT2D eigenvalue weighted by atomic mass is 10.3. The third-order valence-corrected chi connectivity index (χ3v) is 2.46. The van der Waals surface area contributed by atoms with Crippen LogP contribution in [-0.2, 0) is 6.54 Å². The van der Waals surface area contributed by atoms with Gasteiger partial charge in [-0.15, -0.1) is 0 Å². The number of para-hydroxylation sites is 1. The monoisotopic (exact) mass is 227 g/mol. The van der Waals surface area contributed by atoms with Crippen LogP contribution in [-0.4, -0.2) is 4.57 Å². The van der Waals surface area contributed by atoms with Crippen LogP contribution in [0.25, 0.3) is 0 Å². The Hall–Kier alpha value is -2.41. The first-order valence-electron chi connectivity index (χ1n) is 5.38. The highest BCUT2D eigenvalue weighted by atomic mass is 16.5. The number of hydrogen-bond donors (Lipinski definition) is 1. The lowest BCUT2D eigenvalue weighted by Gasteiger charge is -2.09. The molecule has 0 bridgehead atoms. The van der Waals surface area contributed by atoms with Crippen LogP contribution in [0.2, 0.25) is 0 Å². The Bertz CT molecular complexity index is 552. The number of ether oxygens (including phenoxy) is 1. The molecule has 1 aromatic heterocycles. The third-order valence-electron chi connectivity index (χ3n) is 2.46. The Labute approximate surface area is 99.8 Å². The fourth-order valence-electron chi connectivity index (χ4n) is 1.67. The van der Waals surface area contributed by atoms with Crippen molar-refractivity contribution in [2.45, 2.75) is 13.5 Å². The van der Waals surface area contributed by atoms with E-state index in [1.165, 1.54) is 0 Å². The molecule has 0 aliphatic rings. The van der Waals surface area contributed by atoms with Crippen LogP contribution in [0.15, 0.2) is 36.4 Å². The predicted molar refractivity (Wildman–Crippen MR) is 65.7 cm³/mol. The van der Waals surface area contributed by atoms with E-state index in [2.05, 4.69) is 6.07 Å². The largest absolute Gasteiger partial charge is 0.439 e. The number of nitrogens with two attached hydrogens (primary N) is 1. The number of anilines is 1. The normalized spacial score (nSPS) is 9.88. The summed E-state index contributed by atoms with van der Waals surface area (Å²) in [5.41, 5.74) is 6.83. The molecular formula is C13H13N3O. The molecule has 17 heavy (non-hydrogen) atoms. The van der Waals surface area contributed by atoms with Gasteiger partial charge in [-0.2, -0.15) is 5.26 Å². The van der Waals surface area contributed by atoms with Gasteiger partial charge in [0.15, 0.2) is 0 Å². The molecule has 4 nitrogen and oxygen atoms in total. The molecule has 1 heterocycles. The number of nitriles is 1. The number of aromatic nitrogens is 1. The lowest BCUT2D eigenvalue weighted by molar-refractivity contribution is 0.434. The Morgan fingerprint density at radius 1 is 1.35 bits per heavy atom. The molecule has 0 radical (unpaired) electrons. The average Bonchev–Trinajstić information content (AvgIpc) is 2.67. The van der Waals surface area contributed by atoms with Crippen LogP contribution in [0.1, 0.15) is 12.6 Å². The fraction of sp³-hybridized carbons (Fsp3) is 0.154. The molecule has 2 rings (SSSR count). The number of benzene rings is 1. The zero-order chi connectivity index (χ0) is 12.3. The van der Waals surface area contributed by atoms with Gasteiger partial charge in [0, 0.05) is 12.6 Å². The van der Waals surface area contributed by atoms with Crippen molar-refractivity contribution in [1.29, 1.82) is 5.26 Å². The highest BCUT2D eigenvalue weighted by Crippen LogP contribution is 2.30. The summed E-state index contributed by atoms with van der Waals surface area (Å²) in [6.45, 7) is 2.58. The number of nitrogen functional groups attached to an aromatic ring is 1. The smallest absolute Gasteiger partial charge is 0.224 e. The molecule has 0 aliphatic heterocycles. The van der Waals surface area contributed by atoms with Crippen LogP contribution >= 0.6 is 0 Å². The average molecular weight is 227 g/mol. The molecule has 0 amide bonds. The van der Waals surface area contributed by atoms with Crippen molar-refractivity contribution in [1.82, 2.24) is 4.57 Å². The van der Waals surface area contributed by atoms with E-state index in [9.17, 15) is 0 Å². The first-order chi connectivity index (χ1) is 8.26. The molecular weight excluding hydrogens is 214 g/mol. The highest BCUT2D eigenvalue weighted by Gasteiger charge is 2.13. The third kappa shape index (κ3) is 2.08. The van der Waals surface area contributed by atoms with E-state index in [-0.39, 0.29) is 0 Å². The van der Waals surface area contributed by atoms with Crippen LogP contribution in [0.3, 0.4) is 0 Å². The molecule has 0 saturated heterocycles. The molecule has 0 unspecified atom stereocenters. The molecule has 1 aromatic carbocycles. The summed E-state index contributed by atoms with van der Waals surface area (Å²) in [6, 6.07) is 13.1. The SMILES string of the molecule is CCn1c(C#N)cc(N)c1Oc1ccccc1. The van der Waals surface area contributed by atoms with Crippen molar-refractivity contribution in [2.24, 2.45) is 0 Å². The molecule has 2 N–H and O–H groups in total. The number of rotatable bonds is 3. The predicted octanol–water partition coefficient (Wildman–Crippen LogP) is 2.75. The summed E-state index contributed by atoms with van der Waals surface area (Å²) in [4.78, 5) is 0. The molecule has 0 fully saturated rings. The van der Waals surface area contributed by atoms with E-state index in [0.717, 1.165) is 0 Å². The van der Waals surface area contributed by atoms with E-state index in [4.69, 9.17) is 15.7 Å². The Balaban J connectivity index is 2.39. The molecule has 86 valence electrons. The second-order valence-corrected chi connectivity index (χ2v) is 3.56. The summed E-state index contributed by atoms with van der Waals surface area (Å²) in [5, 5.41) is 8.97. The van der Waals surface area contributed by atoms with Crippen LogP contribution in [0, 0.1) is 11.3 Å². The van der Waals surface area contributed by atoms with Crippen molar-refractivity contribution < 1.29 is 4.74 Å². The maximum absolute atomic E-state index is 8.97. The quantitative estimate of drug-likeness (QED) is 0.876. The Morgan fingerprint density at radius 2 is 2.06 bits per heavy atom. The van der Waals surface area contributed by atoms with Gasteiger partial charge in [-0.3, -0.25) is 0 Å². The van der Waals surface area contributed by atoms with Crippen molar-refractivity contribution in [3.63, 3.8) is 0 Å². The van der Waals surface area contributed by atoms with Gasteiger partial charge in [0.05, 0.1) is 5.69 Å². The lowest BCUT2D eigenvalue weighted by Crippen LogP contribution is -2.01. The number of hydrogen-bond acceptors (Lipinski definition) is 3. The summed E-state index contributed by atoms with van der Waals surface area (Å²) < 4.78 is 7.45. The summed E-state index contributed by atoms with van der Waals surface area (Å²) >= 11 is 0. The van der Waals surface area contributed by atoms with Crippen LogP contribution < -0.4 is 10.5 Å². The second kappa shape index (κ2) is 4.62. The summed E-state index contributed by atoms with van der Waals surface area (Å²) in [7, 11) is 0. The van der Waals surface area contributed by atoms with E-state index in [1.807, 2.05) is 37.3 Å². The molecule has 0 saturated carbocycles. The standard InChI is InChI=1S/C13H13N3O/c1-2-16-10(9-14)8-12(15)13(16)17-11-6-4-3-5-7-11/h3-8H,2,15H2,1H3. The number of nitrogens with zero attached hydrogens (tertiary/aromatic N) is 2. The van der Waals surface area contributed by atoms with Crippen molar-refractivity contribution in [3.8, 4) is 17.7 Å². The molecule has 0 aliphatic carbocycles. The molecule has 2 aromatic rings. The van der Waals surface area contributed by atoms with E-state index < -0.39 is 0 Å². The van der Waals surface area contributed by atoms with Gasteiger partial charge in [0.1, 0.15) is 17.5 Å². The summed E-state index contributed by atoms with van der Waals surface area (Å²) in [5.74, 6) is 1.23. The minimum atomic E-state index is 0.479. The van der Waals surface area contributed by atoms with E-state index in [0.29, 0.717) is 29.6 Å². The van der Waals surface area contributed by atoms with Gasteiger partial charge in [0.2, 0.25) is 5.88 Å². The van der Waals surface area contributed by atoms with Gasteiger partial charge in [-0.1, -0.05) is 18.2 Å². The Kier molecular flexibility index (Phi) is 3.01. The van der Waals surface area contributed by atoms with Gasteiger partial charge < -0.3 is 15.0 Å². The van der Waals surface area contributed by atoms with E-state index in [1.54, 1.807) is 10.6 Å². The molecule has 4 heteroatoms. The van der Waals surface area contributed by atoms with Gasteiger partial charge in [0.25, 0.3) is 0 Å². The van der Waals surface area contributed by atoms with Gasteiger partial charge >= 0.3 is 0 Å². The van der Waals surface area contributed by atoms with Crippen LogP contribution in [0.4, 0.5) is 5.69 Å². The van der Waals surface area contributed by atoms with Crippen molar-refractivity contribution in [3.05, 3.63) is 42.1 Å². The maximum atomic E-state index is 8.97. The zero-order valence-corrected chi connectivity index (χ0v) is 9.55. The summed E-state index contributed by atoms with van der Waals surface area (Å²) in [6.07, 6.45) is 0. The molecule has 0 atom stereocenters. The first-order valence-corrected chi connectivity index (χ1v) is 5.38. The highest BCUT2D eigenvalue weighted by molar-refractivity contribution is 5.56. The van der Waals surface area contributed by atoms with Crippen molar-refractivity contribution in [2.75, 3.05) is 5.73 Å². The topological polar surface area (TPSA) is 64.0 Å².